The van der Waals surface area contributed by atoms with Gasteiger partial charge in [-0.3, -0.25) is 9.78 Å². The van der Waals surface area contributed by atoms with E-state index in [0.717, 1.165) is 16.5 Å². The summed E-state index contributed by atoms with van der Waals surface area (Å²) in [6, 6.07) is 9.75. The molecule has 0 spiro atoms. The molecular formula is C15H15NO. The first-order valence-corrected chi connectivity index (χ1v) is 6.21. The molecule has 2 heteroatoms. The maximum Gasteiger partial charge on any atom is 0.163 e. The molecule has 0 radical (unpaired) electrons. The van der Waals surface area contributed by atoms with Crippen molar-refractivity contribution in [3.63, 3.8) is 0 Å². The summed E-state index contributed by atoms with van der Waals surface area (Å²) >= 11 is 0. The molecule has 1 aliphatic rings. The normalized spacial score (nSPS) is 15.8. The van der Waals surface area contributed by atoms with Gasteiger partial charge in [-0.05, 0) is 18.1 Å². The number of nitrogens with zero attached hydrogens (tertiary/aromatic N) is 1. The van der Waals surface area contributed by atoms with Gasteiger partial charge in [0.25, 0.3) is 0 Å². The van der Waals surface area contributed by atoms with Gasteiger partial charge >= 0.3 is 0 Å². The number of carbonyl (C=O) groups is 1. The summed E-state index contributed by atoms with van der Waals surface area (Å²) in [6.07, 6.45) is 6.20. The zero-order chi connectivity index (χ0) is 11.7. The van der Waals surface area contributed by atoms with Gasteiger partial charge in [0.1, 0.15) is 0 Å². The number of ketones is 1. The highest BCUT2D eigenvalue weighted by Crippen LogP contribution is 2.30. The first-order valence-electron chi connectivity index (χ1n) is 6.21. The van der Waals surface area contributed by atoms with Gasteiger partial charge in [0.2, 0.25) is 0 Å². The predicted octanol–water partition coefficient (Wildman–Crippen LogP) is 3.61. The van der Waals surface area contributed by atoms with Gasteiger partial charge in [-0.25, -0.2) is 0 Å². The van der Waals surface area contributed by atoms with Crippen molar-refractivity contribution in [1.29, 1.82) is 0 Å². The number of Topliss-reactive ketones (excluding diaryl/α,β-unsaturated/α-hetero) is 1. The molecule has 0 bridgehead atoms. The molecule has 1 fully saturated rings. The fourth-order valence-electron chi connectivity index (χ4n) is 2.32. The van der Waals surface area contributed by atoms with Crippen LogP contribution in [0.15, 0.2) is 36.5 Å². The maximum atomic E-state index is 12.1. The first-order chi connectivity index (χ1) is 8.33. The zero-order valence-electron chi connectivity index (χ0n) is 9.73. The number of aromatic nitrogens is 1. The summed E-state index contributed by atoms with van der Waals surface area (Å²) in [5, 5.41) is 1.09. The molecular weight excluding hydrogens is 210 g/mol. The van der Waals surface area contributed by atoms with Gasteiger partial charge in [-0.1, -0.05) is 37.5 Å². The molecule has 1 heterocycles. The van der Waals surface area contributed by atoms with Crippen LogP contribution in [0.2, 0.25) is 0 Å². The van der Waals surface area contributed by atoms with Gasteiger partial charge < -0.3 is 0 Å². The Hall–Kier alpha value is -1.70. The van der Waals surface area contributed by atoms with E-state index in [9.17, 15) is 4.79 Å². The van der Waals surface area contributed by atoms with E-state index < -0.39 is 0 Å². The van der Waals surface area contributed by atoms with Gasteiger partial charge in [0.05, 0.1) is 5.52 Å². The van der Waals surface area contributed by atoms with Gasteiger partial charge in [-0.15, -0.1) is 0 Å². The summed E-state index contributed by atoms with van der Waals surface area (Å²) in [5.74, 6) is 0.893. The van der Waals surface area contributed by atoms with E-state index >= 15 is 0 Å². The molecule has 86 valence electrons. The molecule has 0 amide bonds. The van der Waals surface area contributed by atoms with E-state index in [1.165, 1.54) is 19.3 Å². The highest BCUT2D eigenvalue weighted by molar-refractivity contribution is 5.99. The molecule has 0 unspecified atom stereocenters. The summed E-state index contributed by atoms with van der Waals surface area (Å²) in [7, 11) is 0. The largest absolute Gasteiger partial charge is 0.294 e. The van der Waals surface area contributed by atoms with Crippen LogP contribution in [0.25, 0.3) is 10.9 Å². The van der Waals surface area contributed by atoms with Crippen molar-refractivity contribution >= 4 is 16.7 Å². The van der Waals surface area contributed by atoms with Crippen LogP contribution in [0.4, 0.5) is 0 Å². The van der Waals surface area contributed by atoms with Crippen LogP contribution < -0.4 is 0 Å². The lowest BCUT2D eigenvalue weighted by molar-refractivity contribution is 0.0936. The maximum absolute atomic E-state index is 12.1. The highest BCUT2D eigenvalue weighted by Gasteiger charge is 2.21. The first kappa shape index (κ1) is 10.5. The summed E-state index contributed by atoms with van der Waals surface area (Å²) in [6.45, 7) is 0. The van der Waals surface area contributed by atoms with Crippen LogP contribution in [-0.4, -0.2) is 10.8 Å². The topological polar surface area (TPSA) is 30.0 Å². The summed E-state index contributed by atoms with van der Waals surface area (Å²) in [5.41, 5.74) is 1.72. The fourth-order valence-corrected chi connectivity index (χ4v) is 2.32. The molecule has 1 aromatic heterocycles. The Labute approximate surface area is 101 Å². The third kappa shape index (κ3) is 2.07. The van der Waals surface area contributed by atoms with E-state index in [2.05, 4.69) is 4.98 Å². The van der Waals surface area contributed by atoms with Crippen LogP contribution in [0.5, 0.6) is 0 Å². The molecule has 0 aliphatic heterocycles. The Kier molecular flexibility index (Phi) is 2.63. The standard InChI is InChI=1S/C15H15NO/c17-15(9-11-3-1-4-11)13-7-6-12-5-2-8-16-14(12)10-13/h2,5-8,10-11H,1,3-4,9H2. The van der Waals surface area contributed by atoms with E-state index in [4.69, 9.17) is 0 Å². The molecule has 0 atom stereocenters. The van der Waals surface area contributed by atoms with Crippen molar-refractivity contribution in [2.24, 2.45) is 5.92 Å². The van der Waals surface area contributed by atoms with Crippen molar-refractivity contribution in [2.45, 2.75) is 25.7 Å². The minimum Gasteiger partial charge on any atom is -0.294 e. The zero-order valence-corrected chi connectivity index (χ0v) is 9.73. The molecule has 3 rings (SSSR count). The van der Waals surface area contributed by atoms with Crippen molar-refractivity contribution in [2.75, 3.05) is 0 Å². The van der Waals surface area contributed by atoms with E-state index in [0.29, 0.717) is 12.3 Å². The van der Waals surface area contributed by atoms with Crippen LogP contribution in [0.1, 0.15) is 36.0 Å². The van der Waals surface area contributed by atoms with Crippen molar-refractivity contribution < 1.29 is 4.79 Å². The van der Waals surface area contributed by atoms with E-state index in [1.807, 2.05) is 30.3 Å². The lowest BCUT2D eigenvalue weighted by Gasteiger charge is -2.24. The van der Waals surface area contributed by atoms with Crippen LogP contribution in [-0.2, 0) is 0 Å². The third-order valence-electron chi connectivity index (χ3n) is 3.63. The van der Waals surface area contributed by atoms with Crippen LogP contribution >= 0.6 is 0 Å². The number of benzene rings is 1. The minimum absolute atomic E-state index is 0.266. The Morgan fingerprint density at radius 1 is 1.29 bits per heavy atom. The van der Waals surface area contributed by atoms with E-state index in [1.54, 1.807) is 6.20 Å². The number of hydrogen-bond acceptors (Lipinski definition) is 2. The molecule has 0 saturated heterocycles. The highest BCUT2D eigenvalue weighted by atomic mass is 16.1. The minimum atomic E-state index is 0.266. The second kappa shape index (κ2) is 4.28. The fraction of sp³-hybridized carbons (Fsp3) is 0.333. The Morgan fingerprint density at radius 2 is 2.18 bits per heavy atom. The summed E-state index contributed by atoms with van der Waals surface area (Å²) < 4.78 is 0. The number of fused-ring (bicyclic) bond motifs is 1. The molecule has 1 aromatic carbocycles. The predicted molar refractivity (Wildman–Crippen MR) is 68.0 cm³/mol. The Morgan fingerprint density at radius 3 is 2.94 bits per heavy atom. The Bertz CT molecular complexity index is 558. The summed E-state index contributed by atoms with van der Waals surface area (Å²) in [4.78, 5) is 16.3. The number of pyridine rings is 1. The molecule has 1 saturated carbocycles. The van der Waals surface area contributed by atoms with Crippen molar-refractivity contribution in [1.82, 2.24) is 4.98 Å². The molecule has 0 N–H and O–H groups in total. The van der Waals surface area contributed by atoms with Gasteiger partial charge in [0, 0.05) is 23.6 Å². The quantitative estimate of drug-likeness (QED) is 0.747. The van der Waals surface area contributed by atoms with Crippen LogP contribution in [0, 0.1) is 5.92 Å². The lowest BCUT2D eigenvalue weighted by Crippen LogP contribution is -2.15. The van der Waals surface area contributed by atoms with Crippen molar-refractivity contribution in [3.8, 4) is 0 Å². The monoisotopic (exact) mass is 225 g/mol. The second-order valence-corrected chi connectivity index (χ2v) is 4.84. The molecule has 2 aromatic rings. The number of rotatable bonds is 3. The Balaban J connectivity index is 1.86. The number of carbonyl (C=O) groups excluding carboxylic acids is 1. The third-order valence-corrected chi connectivity index (χ3v) is 3.63. The average Bonchev–Trinajstić information content (AvgIpc) is 2.33. The van der Waals surface area contributed by atoms with Crippen molar-refractivity contribution in [3.05, 3.63) is 42.1 Å². The van der Waals surface area contributed by atoms with E-state index in [-0.39, 0.29) is 5.78 Å². The smallest absolute Gasteiger partial charge is 0.163 e. The number of hydrogen-bond donors (Lipinski definition) is 0. The molecule has 1 aliphatic carbocycles. The molecule has 17 heavy (non-hydrogen) atoms. The van der Waals surface area contributed by atoms with Crippen LogP contribution in [0.3, 0.4) is 0 Å². The lowest BCUT2D eigenvalue weighted by atomic mass is 9.81. The second-order valence-electron chi connectivity index (χ2n) is 4.84. The average molecular weight is 225 g/mol. The molecule has 2 nitrogen and oxygen atoms in total. The van der Waals surface area contributed by atoms with Gasteiger partial charge in [-0.2, -0.15) is 0 Å². The van der Waals surface area contributed by atoms with Gasteiger partial charge in [0.15, 0.2) is 5.78 Å². The SMILES string of the molecule is O=C(CC1CCC1)c1ccc2cccnc2c1.